The van der Waals surface area contributed by atoms with Crippen molar-refractivity contribution >= 4 is 32.2 Å². The van der Waals surface area contributed by atoms with Crippen LogP contribution in [0.4, 0.5) is 0 Å². The molecule has 4 rings (SSSR count). The molecule has 0 N–H and O–H groups in total. The maximum Gasteiger partial charge on any atom is 0.235 e. The first-order chi connectivity index (χ1) is 12.2. The number of fused-ring (bicyclic) bond motifs is 1. The van der Waals surface area contributed by atoms with Crippen LogP contribution in [-0.4, -0.2) is 34.0 Å². The predicted molar refractivity (Wildman–Crippen MR) is 100 cm³/mol. The van der Waals surface area contributed by atoms with Crippen molar-refractivity contribution in [3.8, 4) is 33.5 Å². The maximum atomic E-state index is 5.27. The molecule has 0 atom stereocenters. The van der Waals surface area contributed by atoms with E-state index in [1.807, 2.05) is 42.5 Å². The molecule has 0 fully saturated rings. The first kappa shape index (κ1) is 16.0. The molecule has 0 spiro atoms. The number of aromatic nitrogens is 4. The van der Waals surface area contributed by atoms with Crippen LogP contribution in [0.5, 0.6) is 11.5 Å². The SMILES string of the molecule is COc1ccc(-c2nn3c(-c4ccc(OC)c(Br)c4)nnc3s2)cc1. The lowest BCUT2D eigenvalue weighted by atomic mass is 10.2. The molecule has 0 aliphatic rings. The lowest BCUT2D eigenvalue weighted by molar-refractivity contribution is 0.412. The quantitative estimate of drug-likeness (QED) is 0.496. The standard InChI is InChI=1S/C17H13BrN4O2S/c1-23-12-6-3-10(4-7-12)16-21-22-15(19-20-17(22)25-16)11-5-8-14(24-2)13(18)9-11/h3-9H,1-2H3. The second kappa shape index (κ2) is 6.45. The minimum Gasteiger partial charge on any atom is -0.497 e. The molecule has 0 unspecified atom stereocenters. The summed E-state index contributed by atoms with van der Waals surface area (Å²) in [6.45, 7) is 0. The Balaban J connectivity index is 1.76. The van der Waals surface area contributed by atoms with Gasteiger partial charge in [0.1, 0.15) is 16.5 Å². The lowest BCUT2D eigenvalue weighted by Crippen LogP contribution is -1.92. The number of methoxy groups -OCH3 is 2. The van der Waals surface area contributed by atoms with Crippen LogP contribution in [0.2, 0.25) is 0 Å². The van der Waals surface area contributed by atoms with Gasteiger partial charge in [-0.15, -0.1) is 10.2 Å². The topological polar surface area (TPSA) is 61.5 Å². The summed E-state index contributed by atoms with van der Waals surface area (Å²) in [5.41, 5.74) is 1.92. The van der Waals surface area contributed by atoms with E-state index < -0.39 is 0 Å². The normalized spacial score (nSPS) is 11.0. The van der Waals surface area contributed by atoms with E-state index in [-0.39, 0.29) is 0 Å². The van der Waals surface area contributed by atoms with Gasteiger partial charge in [-0.05, 0) is 58.4 Å². The van der Waals surface area contributed by atoms with Crippen LogP contribution < -0.4 is 9.47 Å². The molecular weight excluding hydrogens is 404 g/mol. The van der Waals surface area contributed by atoms with E-state index in [0.717, 1.165) is 37.1 Å². The van der Waals surface area contributed by atoms with Crippen LogP contribution in [0.25, 0.3) is 26.9 Å². The molecule has 0 saturated heterocycles. The smallest absolute Gasteiger partial charge is 0.235 e. The minimum atomic E-state index is 0.689. The largest absolute Gasteiger partial charge is 0.497 e. The number of nitrogens with zero attached hydrogens (tertiary/aromatic N) is 4. The fourth-order valence-electron chi connectivity index (χ4n) is 2.45. The molecule has 6 nitrogen and oxygen atoms in total. The van der Waals surface area contributed by atoms with Gasteiger partial charge in [0.2, 0.25) is 4.96 Å². The third-order valence-electron chi connectivity index (χ3n) is 3.74. The van der Waals surface area contributed by atoms with E-state index in [1.54, 1.807) is 18.7 Å². The lowest BCUT2D eigenvalue weighted by Gasteiger charge is -2.04. The van der Waals surface area contributed by atoms with Crippen LogP contribution >= 0.6 is 27.3 Å². The molecule has 0 saturated carbocycles. The van der Waals surface area contributed by atoms with E-state index in [9.17, 15) is 0 Å². The number of hydrogen-bond donors (Lipinski definition) is 0. The highest BCUT2D eigenvalue weighted by atomic mass is 79.9. The Labute approximate surface area is 156 Å². The predicted octanol–water partition coefficient (Wildman–Crippen LogP) is 4.30. The first-order valence-corrected chi connectivity index (χ1v) is 9.01. The average molecular weight is 417 g/mol. The summed E-state index contributed by atoms with van der Waals surface area (Å²) >= 11 is 4.99. The Morgan fingerprint density at radius 3 is 2.40 bits per heavy atom. The Morgan fingerprint density at radius 1 is 0.960 bits per heavy atom. The average Bonchev–Trinajstić information content (AvgIpc) is 3.22. The monoisotopic (exact) mass is 416 g/mol. The number of hydrogen-bond acceptors (Lipinski definition) is 6. The van der Waals surface area contributed by atoms with Crippen molar-refractivity contribution in [2.45, 2.75) is 0 Å². The molecular formula is C17H13BrN4O2S. The van der Waals surface area contributed by atoms with Crippen molar-refractivity contribution in [3.05, 3.63) is 46.9 Å². The highest BCUT2D eigenvalue weighted by Gasteiger charge is 2.15. The van der Waals surface area contributed by atoms with Gasteiger partial charge < -0.3 is 9.47 Å². The van der Waals surface area contributed by atoms with Crippen LogP contribution in [0, 0.1) is 0 Å². The third-order valence-corrected chi connectivity index (χ3v) is 5.31. The van der Waals surface area contributed by atoms with Gasteiger partial charge in [-0.2, -0.15) is 9.61 Å². The number of rotatable bonds is 4. The van der Waals surface area contributed by atoms with Crippen LogP contribution in [0.3, 0.4) is 0 Å². The summed E-state index contributed by atoms with van der Waals surface area (Å²) in [6.07, 6.45) is 0. The summed E-state index contributed by atoms with van der Waals surface area (Å²) in [4.78, 5) is 0.743. The van der Waals surface area contributed by atoms with Crippen molar-refractivity contribution < 1.29 is 9.47 Å². The van der Waals surface area contributed by atoms with Gasteiger partial charge in [0.05, 0.1) is 18.7 Å². The fraction of sp³-hybridized carbons (Fsp3) is 0.118. The van der Waals surface area contributed by atoms with Gasteiger partial charge >= 0.3 is 0 Å². The Hall–Kier alpha value is -2.45. The van der Waals surface area contributed by atoms with E-state index >= 15 is 0 Å². The van der Waals surface area contributed by atoms with Crippen molar-refractivity contribution in [1.29, 1.82) is 0 Å². The van der Waals surface area contributed by atoms with Crippen molar-refractivity contribution in [2.24, 2.45) is 0 Å². The number of halogens is 1. The minimum absolute atomic E-state index is 0.689. The van der Waals surface area contributed by atoms with Gasteiger partial charge in [0, 0.05) is 11.1 Å². The van der Waals surface area contributed by atoms with Crippen molar-refractivity contribution in [1.82, 2.24) is 19.8 Å². The molecule has 4 aromatic rings. The summed E-state index contributed by atoms with van der Waals surface area (Å²) < 4.78 is 13.1. The van der Waals surface area contributed by atoms with Crippen LogP contribution in [0.15, 0.2) is 46.9 Å². The van der Waals surface area contributed by atoms with Gasteiger partial charge in [-0.3, -0.25) is 0 Å². The Morgan fingerprint density at radius 2 is 1.72 bits per heavy atom. The summed E-state index contributed by atoms with van der Waals surface area (Å²) in [7, 11) is 3.29. The van der Waals surface area contributed by atoms with Gasteiger partial charge in [0.25, 0.3) is 0 Å². The summed E-state index contributed by atoms with van der Waals surface area (Å²) in [5.74, 6) is 2.27. The van der Waals surface area contributed by atoms with Crippen LogP contribution in [0.1, 0.15) is 0 Å². The zero-order chi connectivity index (χ0) is 17.4. The van der Waals surface area contributed by atoms with E-state index in [4.69, 9.17) is 9.47 Å². The van der Waals surface area contributed by atoms with Crippen molar-refractivity contribution in [2.75, 3.05) is 14.2 Å². The highest BCUT2D eigenvalue weighted by molar-refractivity contribution is 9.10. The number of benzene rings is 2. The molecule has 126 valence electrons. The molecule has 2 aromatic heterocycles. The van der Waals surface area contributed by atoms with Gasteiger partial charge in [0.15, 0.2) is 5.82 Å². The van der Waals surface area contributed by atoms with Crippen molar-refractivity contribution in [3.63, 3.8) is 0 Å². The molecule has 25 heavy (non-hydrogen) atoms. The molecule has 0 aliphatic heterocycles. The van der Waals surface area contributed by atoms with E-state index in [0.29, 0.717) is 5.82 Å². The zero-order valence-corrected chi connectivity index (χ0v) is 15.8. The molecule has 0 amide bonds. The Bertz CT molecular complexity index is 1040. The molecule has 2 heterocycles. The third kappa shape index (κ3) is 2.87. The molecule has 8 heteroatoms. The summed E-state index contributed by atoms with van der Waals surface area (Å²) in [5, 5.41) is 14.1. The highest BCUT2D eigenvalue weighted by Crippen LogP contribution is 2.32. The molecule has 0 bridgehead atoms. The second-order valence-corrected chi connectivity index (χ2v) is 7.01. The fourth-order valence-corrected chi connectivity index (χ4v) is 3.84. The molecule has 0 radical (unpaired) electrons. The zero-order valence-electron chi connectivity index (χ0n) is 13.4. The van der Waals surface area contributed by atoms with E-state index in [2.05, 4.69) is 31.2 Å². The second-order valence-electron chi connectivity index (χ2n) is 5.20. The molecule has 0 aliphatic carbocycles. The first-order valence-electron chi connectivity index (χ1n) is 7.40. The Kier molecular flexibility index (Phi) is 4.14. The van der Waals surface area contributed by atoms with Gasteiger partial charge in [-0.1, -0.05) is 11.3 Å². The van der Waals surface area contributed by atoms with Gasteiger partial charge in [-0.25, -0.2) is 0 Å². The van der Waals surface area contributed by atoms with E-state index in [1.165, 1.54) is 11.3 Å². The molecule has 2 aromatic carbocycles. The maximum absolute atomic E-state index is 5.27. The summed E-state index contributed by atoms with van der Waals surface area (Å²) in [6, 6.07) is 13.6. The number of ether oxygens (including phenoxy) is 2. The van der Waals surface area contributed by atoms with Crippen LogP contribution in [-0.2, 0) is 0 Å².